The Morgan fingerprint density at radius 1 is 1.00 bits per heavy atom. The quantitative estimate of drug-likeness (QED) is 0.851. The van der Waals surface area contributed by atoms with Gasteiger partial charge in [-0.25, -0.2) is 8.42 Å². The standard InChI is InChI=1S/C15H13ClNO3S/c16-13-8-6-11(7-9-13)14-10-15(21(18,19)17-20-14)12-4-2-1-3-5-12/h1-9,14-15H,10H2. The molecule has 0 amide bonds. The Labute approximate surface area is 128 Å². The van der Waals surface area contributed by atoms with Crippen LogP contribution in [0.4, 0.5) is 0 Å². The minimum Gasteiger partial charge on any atom is -0.259 e. The third kappa shape index (κ3) is 3.11. The predicted molar refractivity (Wildman–Crippen MR) is 80.1 cm³/mol. The van der Waals surface area contributed by atoms with Crippen molar-refractivity contribution < 1.29 is 13.3 Å². The van der Waals surface area contributed by atoms with E-state index in [2.05, 4.69) is 4.89 Å². The molecule has 109 valence electrons. The molecule has 2 aromatic carbocycles. The fourth-order valence-corrected chi connectivity index (χ4v) is 3.75. The molecule has 3 rings (SSSR count). The van der Waals surface area contributed by atoms with E-state index in [4.69, 9.17) is 16.4 Å². The van der Waals surface area contributed by atoms with Crippen molar-refractivity contribution in [1.82, 2.24) is 4.89 Å². The maximum absolute atomic E-state index is 12.1. The largest absolute Gasteiger partial charge is 0.260 e. The lowest BCUT2D eigenvalue weighted by Crippen LogP contribution is -2.32. The van der Waals surface area contributed by atoms with Gasteiger partial charge >= 0.3 is 0 Å². The van der Waals surface area contributed by atoms with Gasteiger partial charge in [0.2, 0.25) is 0 Å². The normalized spacial score (nSPS) is 24.6. The minimum atomic E-state index is -3.65. The highest BCUT2D eigenvalue weighted by atomic mass is 35.5. The third-order valence-corrected chi connectivity index (χ3v) is 5.20. The third-order valence-electron chi connectivity index (χ3n) is 3.48. The van der Waals surface area contributed by atoms with Crippen molar-refractivity contribution in [3.05, 3.63) is 70.7 Å². The van der Waals surface area contributed by atoms with Crippen LogP contribution < -0.4 is 4.89 Å². The van der Waals surface area contributed by atoms with E-state index in [0.29, 0.717) is 11.4 Å². The molecule has 0 aromatic heterocycles. The van der Waals surface area contributed by atoms with Crippen LogP contribution in [0.1, 0.15) is 28.9 Å². The number of sulfonamides is 1. The van der Waals surface area contributed by atoms with Gasteiger partial charge in [0, 0.05) is 16.3 Å². The predicted octanol–water partition coefficient (Wildman–Crippen LogP) is 3.39. The van der Waals surface area contributed by atoms with Crippen molar-refractivity contribution in [3.8, 4) is 0 Å². The first kappa shape index (κ1) is 14.5. The molecule has 1 saturated heterocycles. The monoisotopic (exact) mass is 322 g/mol. The summed E-state index contributed by atoms with van der Waals surface area (Å²) in [5, 5.41) is -0.0631. The van der Waals surface area contributed by atoms with Crippen molar-refractivity contribution in [2.24, 2.45) is 0 Å². The second kappa shape index (κ2) is 5.77. The maximum Gasteiger partial charge on any atom is 0.260 e. The van der Waals surface area contributed by atoms with Gasteiger partial charge in [-0.3, -0.25) is 4.84 Å². The number of hydrogen-bond acceptors (Lipinski definition) is 3. The van der Waals surface area contributed by atoms with E-state index in [-0.39, 0.29) is 0 Å². The highest BCUT2D eigenvalue weighted by molar-refractivity contribution is 7.89. The average Bonchev–Trinajstić information content (AvgIpc) is 2.49. The molecule has 1 fully saturated rings. The van der Waals surface area contributed by atoms with Gasteiger partial charge < -0.3 is 0 Å². The van der Waals surface area contributed by atoms with Gasteiger partial charge in [-0.15, -0.1) is 0 Å². The fraction of sp³-hybridized carbons (Fsp3) is 0.200. The van der Waals surface area contributed by atoms with Gasteiger partial charge in [0.15, 0.2) is 0 Å². The molecule has 6 heteroatoms. The molecular formula is C15H13ClNO3S. The molecule has 0 spiro atoms. The van der Waals surface area contributed by atoms with Gasteiger partial charge in [0.1, 0.15) is 11.4 Å². The number of rotatable bonds is 2. The second-order valence-corrected chi connectivity index (χ2v) is 7.05. The zero-order chi connectivity index (χ0) is 14.9. The summed E-state index contributed by atoms with van der Waals surface area (Å²) in [5.74, 6) is 0. The van der Waals surface area contributed by atoms with Gasteiger partial charge in [-0.1, -0.05) is 54.1 Å². The molecule has 2 atom stereocenters. The zero-order valence-corrected chi connectivity index (χ0v) is 12.6. The Balaban J connectivity index is 1.90. The van der Waals surface area contributed by atoms with Crippen molar-refractivity contribution in [3.63, 3.8) is 0 Å². The summed E-state index contributed by atoms with van der Waals surface area (Å²) in [6, 6.07) is 16.2. The van der Waals surface area contributed by atoms with Gasteiger partial charge in [-0.2, -0.15) is 0 Å². The van der Waals surface area contributed by atoms with Crippen LogP contribution in [0, 0.1) is 0 Å². The summed E-state index contributed by atoms with van der Waals surface area (Å²) < 4.78 is 24.2. The molecule has 1 radical (unpaired) electrons. The average molecular weight is 323 g/mol. The lowest BCUT2D eigenvalue weighted by Gasteiger charge is -2.28. The van der Waals surface area contributed by atoms with Crippen LogP contribution in [0.15, 0.2) is 54.6 Å². The van der Waals surface area contributed by atoms with Gasteiger partial charge in [0.05, 0.1) is 0 Å². The van der Waals surface area contributed by atoms with E-state index in [1.807, 2.05) is 30.3 Å². The lowest BCUT2D eigenvalue weighted by atomic mass is 10.0. The summed E-state index contributed by atoms with van der Waals surface area (Å²) >= 11 is 5.86. The van der Waals surface area contributed by atoms with E-state index in [1.54, 1.807) is 24.3 Å². The first-order valence-corrected chi connectivity index (χ1v) is 8.37. The summed E-state index contributed by atoms with van der Waals surface area (Å²) in [7, 11) is -3.65. The SMILES string of the molecule is O=S1(=O)[N]OC(c2ccc(Cl)cc2)CC1c1ccccc1. The van der Waals surface area contributed by atoms with E-state index in [0.717, 1.165) is 11.1 Å². The van der Waals surface area contributed by atoms with E-state index in [9.17, 15) is 8.42 Å². The van der Waals surface area contributed by atoms with Crippen molar-refractivity contribution in [1.29, 1.82) is 0 Å². The van der Waals surface area contributed by atoms with E-state index < -0.39 is 21.4 Å². The zero-order valence-electron chi connectivity index (χ0n) is 11.0. The Hall–Kier alpha value is -1.40. The van der Waals surface area contributed by atoms with Crippen LogP contribution in [0.2, 0.25) is 5.02 Å². The summed E-state index contributed by atoms with van der Waals surface area (Å²) in [6.07, 6.45) is -0.0618. The summed E-state index contributed by atoms with van der Waals surface area (Å²) in [6.45, 7) is 0. The lowest BCUT2D eigenvalue weighted by molar-refractivity contribution is -0.00857. The topological polar surface area (TPSA) is 57.5 Å². The molecule has 1 aliphatic rings. The highest BCUT2D eigenvalue weighted by Gasteiger charge is 2.38. The Morgan fingerprint density at radius 3 is 2.33 bits per heavy atom. The molecule has 0 bridgehead atoms. The van der Waals surface area contributed by atoms with E-state index in [1.165, 1.54) is 0 Å². The highest BCUT2D eigenvalue weighted by Crippen LogP contribution is 2.38. The van der Waals surface area contributed by atoms with E-state index >= 15 is 0 Å². The smallest absolute Gasteiger partial charge is 0.259 e. The second-order valence-electron chi connectivity index (χ2n) is 4.87. The minimum absolute atomic E-state index is 0.331. The molecule has 0 saturated carbocycles. The molecular weight excluding hydrogens is 310 g/mol. The molecule has 21 heavy (non-hydrogen) atoms. The number of nitrogens with zero attached hydrogens (tertiary/aromatic N) is 1. The van der Waals surface area contributed by atoms with Crippen LogP contribution in [0.5, 0.6) is 0 Å². The Morgan fingerprint density at radius 2 is 1.67 bits per heavy atom. The first-order valence-electron chi connectivity index (χ1n) is 6.48. The maximum atomic E-state index is 12.1. The van der Waals surface area contributed by atoms with Crippen LogP contribution in [-0.2, 0) is 14.9 Å². The number of benzene rings is 2. The van der Waals surface area contributed by atoms with Gasteiger partial charge in [0.25, 0.3) is 10.0 Å². The van der Waals surface area contributed by atoms with Gasteiger partial charge in [-0.05, 0) is 23.3 Å². The molecule has 4 nitrogen and oxygen atoms in total. The Kier molecular flexibility index (Phi) is 3.99. The van der Waals surface area contributed by atoms with Crippen LogP contribution >= 0.6 is 11.6 Å². The molecule has 2 aromatic rings. The van der Waals surface area contributed by atoms with Crippen molar-refractivity contribution in [2.75, 3.05) is 0 Å². The van der Waals surface area contributed by atoms with Crippen molar-refractivity contribution in [2.45, 2.75) is 17.8 Å². The molecule has 1 heterocycles. The number of hydrogen-bond donors (Lipinski definition) is 0. The van der Waals surface area contributed by atoms with Crippen LogP contribution in [0.3, 0.4) is 0 Å². The number of halogens is 1. The summed E-state index contributed by atoms with van der Waals surface area (Å²) in [4.78, 5) is 8.60. The molecule has 0 aliphatic carbocycles. The Bertz CT molecular complexity index is 716. The molecule has 2 unspecified atom stereocenters. The molecule has 0 N–H and O–H groups in total. The first-order chi connectivity index (χ1) is 10.1. The molecule has 1 aliphatic heterocycles. The summed E-state index contributed by atoms with van der Waals surface area (Å²) in [5.41, 5.74) is 1.59. The van der Waals surface area contributed by atoms with Crippen molar-refractivity contribution >= 4 is 21.6 Å². The van der Waals surface area contributed by atoms with Crippen LogP contribution in [-0.4, -0.2) is 8.42 Å². The fourth-order valence-electron chi connectivity index (χ4n) is 2.37. The van der Waals surface area contributed by atoms with Crippen LogP contribution in [0.25, 0.3) is 0 Å².